The summed E-state index contributed by atoms with van der Waals surface area (Å²) in [5, 5.41) is 11.5. The summed E-state index contributed by atoms with van der Waals surface area (Å²) in [6.07, 6.45) is 8.99. The summed E-state index contributed by atoms with van der Waals surface area (Å²) in [4.78, 5) is 46.1. The number of rotatable bonds is 4. The summed E-state index contributed by atoms with van der Waals surface area (Å²) in [5.41, 5.74) is 1.31. The van der Waals surface area contributed by atoms with Gasteiger partial charge in [-0.25, -0.2) is 37.5 Å². The first-order chi connectivity index (χ1) is 21.1. The van der Waals surface area contributed by atoms with Crippen LogP contribution < -0.4 is 5.32 Å². The van der Waals surface area contributed by atoms with Crippen molar-refractivity contribution in [2.24, 2.45) is 5.92 Å². The monoisotopic (exact) mass is 604 g/mol. The Morgan fingerprint density at radius 1 is 1.05 bits per heavy atom. The van der Waals surface area contributed by atoms with E-state index < -0.39 is 35.2 Å². The second kappa shape index (κ2) is 11.1. The first-order valence-corrected chi connectivity index (χ1v) is 13.0. The molecule has 0 radical (unpaired) electrons. The van der Waals surface area contributed by atoms with E-state index in [1.165, 1.54) is 51.1 Å². The number of pyridine rings is 2. The van der Waals surface area contributed by atoms with Gasteiger partial charge in [-0.05, 0) is 6.92 Å². The number of aromatic amines is 1. The fourth-order valence-corrected chi connectivity index (χ4v) is 4.73. The van der Waals surface area contributed by atoms with E-state index in [0.29, 0.717) is 18.7 Å². The maximum Gasteiger partial charge on any atom is 0.255 e. The third-order valence-corrected chi connectivity index (χ3v) is 6.95. The van der Waals surface area contributed by atoms with Gasteiger partial charge in [0.2, 0.25) is 5.91 Å². The summed E-state index contributed by atoms with van der Waals surface area (Å²) in [7, 11) is 0. The Kier molecular flexibility index (Phi) is 7.13. The average Bonchev–Trinajstić information content (AvgIpc) is 3.70. The molecule has 0 aliphatic carbocycles. The lowest BCUT2D eigenvalue weighted by Gasteiger charge is -2.37. The highest BCUT2D eigenvalue weighted by atomic mass is 19.1. The second-order valence-electron chi connectivity index (χ2n) is 9.97. The molecule has 16 heteroatoms. The van der Waals surface area contributed by atoms with E-state index in [4.69, 9.17) is 5.26 Å². The van der Waals surface area contributed by atoms with E-state index in [0.717, 1.165) is 18.3 Å². The second-order valence-corrected chi connectivity index (χ2v) is 9.97. The van der Waals surface area contributed by atoms with Crippen LogP contribution in [0.4, 0.5) is 17.6 Å². The van der Waals surface area contributed by atoms with Gasteiger partial charge in [-0.2, -0.15) is 5.26 Å². The zero-order valence-corrected chi connectivity index (χ0v) is 22.7. The van der Waals surface area contributed by atoms with Crippen molar-refractivity contribution in [3.63, 3.8) is 0 Å². The van der Waals surface area contributed by atoms with Crippen molar-refractivity contribution in [2.75, 3.05) is 13.1 Å². The molecular formula is C28H20F4N10O2. The highest BCUT2D eigenvalue weighted by Gasteiger charge is 2.33. The summed E-state index contributed by atoms with van der Waals surface area (Å²) in [6.45, 7) is 2.25. The highest BCUT2D eigenvalue weighted by molar-refractivity contribution is 6.06. The number of H-pyrrole nitrogens is 1. The molecule has 222 valence electrons. The molecule has 1 aliphatic rings. The number of carbonyl (C=O) groups is 2. The maximum atomic E-state index is 14.4. The first kappa shape index (κ1) is 28.3. The number of halogens is 4. The molecule has 1 fully saturated rings. The van der Waals surface area contributed by atoms with Gasteiger partial charge < -0.3 is 24.0 Å². The summed E-state index contributed by atoms with van der Waals surface area (Å²) in [5.74, 6) is -3.77. The topological polar surface area (TPSA) is 149 Å². The lowest BCUT2D eigenvalue weighted by Crippen LogP contribution is -2.55. The van der Waals surface area contributed by atoms with E-state index in [2.05, 4.69) is 36.3 Å². The Morgan fingerprint density at radius 3 is 2.52 bits per heavy atom. The van der Waals surface area contributed by atoms with Gasteiger partial charge in [-0.1, -0.05) is 0 Å². The molecule has 1 atom stereocenters. The largest absolute Gasteiger partial charge is 0.344 e. The van der Waals surface area contributed by atoms with Gasteiger partial charge in [-0.15, -0.1) is 0 Å². The minimum Gasteiger partial charge on any atom is -0.344 e. The lowest BCUT2D eigenvalue weighted by molar-refractivity contribution is -0.137. The number of carbonyl (C=O) groups excluding carboxylic acids is 2. The fourth-order valence-electron chi connectivity index (χ4n) is 4.73. The zero-order chi connectivity index (χ0) is 31.1. The number of nitrogens with one attached hydrogen (secondary N) is 2. The Balaban J connectivity index is 0.000000261. The van der Waals surface area contributed by atoms with Gasteiger partial charge in [-0.3, -0.25) is 9.59 Å². The molecule has 1 aliphatic heterocycles. The molecule has 0 spiro atoms. The lowest BCUT2D eigenvalue weighted by atomic mass is 10.0. The van der Waals surface area contributed by atoms with E-state index in [1.807, 2.05) is 0 Å². The van der Waals surface area contributed by atoms with E-state index >= 15 is 0 Å². The number of hydrogen-bond donors (Lipinski definition) is 2. The number of imidazole rings is 2. The van der Waals surface area contributed by atoms with Crippen molar-refractivity contribution in [3.8, 4) is 17.5 Å². The Bertz CT molecular complexity index is 2110. The number of nitriles is 1. The minimum atomic E-state index is -0.812. The van der Waals surface area contributed by atoms with Crippen LogP contribution >= 0.6 is 0 Å². The van der Waals surface area contributed by atoms with E-state index in [9.17, 15) is 27.2 Å². The molecule has 44 heavy (non-hydrogen) atoms. The van der Waals surface area contributed by atoms with E-state index in [1.54, 1.807) is 6.92 Å². The summed E-state index contributed by atoms with van der Waals surface area (Å²) >= 11 is 0. The normalized spacial score (nSPS) is 13.8. The van der Waals surface area contributed by atoms with Crippen LogP contribution in [0.2, 0.25) is 0 Å². The van der Waals surface area contributed by atoms with Crippen molar-refractivity contribution in [3.05, 3.63) is 84.6 Å². The van der Waals surface area contributed by atoms with Crippen molar-refractivity contribution in [1.82, 2.24) is 43.9 Å². The Morgan fingerprint density at radius 2 is 1.77 bits per heavy atom. The molecule has 12 nitrogen and oxygen atoms in total. The number of likely N-dealkylation sites (tertiary alicyclic amines) is 1. The van der Waals surface area contributed by atoms with Crippen molar-refractivity contribution < 1.29 is 27.2 Å². The van der Waals surface area contributed by atoms with Crippen LogP contribution in [0, 0.1) is 40.5 Å². The molecule has 6 aromatic heterocycles. The minimum absolute atomic E-state index is 0.0241. The standard InChI is InChI=1S/C21H16F2N8O2.C7H4F2N2/c1-10(21(33)30-6-11(3-24)7-30)28-20(32)13-4-25-19-16(13)29-15(5-26-19)17-18-14(23)2-12(22)8-31(18)9-27-17;8-5-1-6(9)7-2-10-4-11(7)3-5/h2,4-5,8-11H,6-7H2,1H3,(H,25,26)(H,28,32);1-4H/t10-;/m1./s1. The highest BCUT2D eigenvalue weighted by Crippen LogP contribution is 2.26. The molecular weight excluding hydrogens is 584 g/mol. The van der Waals surface area contributed by atoms with Crippen molar-refractivity contribution in [1.29, 1.82) is 5.26 Å². The molecule has 2 amide bonds. The van der Waals surface area contributed by atoms with Crippen LogP contribution in [0.15, 0.2) is 55.8 Å². The molecule has 2 N–H and O–H groups in total. The van der Waals surface area contributed by atoms with Gasteiger partial charge in [0, 0.05) is 43.8 Å². The average molecular weight is 605 g/mol. The van der Waals surface area contributed by atoms with Gasteiger partial charge in [0.1, 0.15) is 51.9 Å². The number of fused-ring (bicyclic) bond motifs is 3. The molecule has 0 aromatic carbocycles. The van der Waals surface area contributed by atoms with Crippen LogP contribution in [0.25, 0.3) is 33.6 Å². The Hall–Kier alpha value is -5.85. The van der Waals surface area contributed by atoms with Gasteiger partial charge in [0.05, 0.1) is 36.3 Å². The quantitative estimate of drug-likeness (QED) is 0.294. The molecule has 7 rings (SSSR count). The van der Waals surface area contributed by atoms with Crippen molar-refractivity contribution in [2.45, 2.75) is 13.0 Å². The van der Waals surface area contributed by atoms with E-state index in [-0.39, 0.29) is 45.3 Å². The van der Waals surface area contributed by atoms with Gasteiger partial charge in [0.15, 0.2) is 17.3 Å². The van der Waals surface area contributed by atoms with Crippen LogP contribution in [0.3, 0.4) is 0 Å². The predicted molar refractivity (Wildman–Crippen MR) is 146 cm³/mol. The van der Waals surface area contributed by atoms with Crippen LogP contribution in [0.5, 0.6) is 0 Å². The number of nitrogens with zero attached hydrogens (tertiary/aromatic N) is 8. The number of hydrogen-bond acceptors (Lipinski definition) is 7. The first-order valence-electron chi connectivity index (χ1n) is 13.0. The molecule has 0 unspecified atom stereocenters. The maximum absolute atomic E-state index is 14.4. The number of amides is 2. The van der Waals surface area contributed by atoms with Gasteiger partial charge in [0.25, 0.3) is 5.91 Å². The van der Waals surface area contributed by atoms with Crippen LogP contribution in [-0.4, -0.2) is 69.6 Å². The van der Waals surface area contributed by atoms with Gasteiger partial charge >= 0.3 is 0 Å². The van der Waals surface area contributed by atoms with Crippen molar-refractivity contribution >= 4 is 34.0 Å². The summed E-state index contributed by atoms with van der Waals surface area (Å²) < 4.78 is 55.6. The molecule has 6 aromatic rings. The van der Waals surface area contributed by atoms with Crippen LogP contribution in [-0.2, 0) is 4.79 Å². The molecule has 1 saturated heterocycles. The Labute approximate surface area is 244 Å². The van der Waals surface area contributed by atoms with Crippen LogP contribution in [0.1, 0.15) is 17.3 Å². The fraction of sp³-hybridized carbons (Fsp3) is 0.179. The third kappa shape index (κ3) is 5.15. The molecule has 0 saturated carbocycles. The summed E-state index contributed by atoms with van der Waals surface area (Å²) in [6, 6.07) is 2.86. The SMILES string of the molecule is C[C@@H](NC(=O)c1c[nH]c2ncc(-c3ncn4cc(F)cc(F)c34)nc12)C(=O)N1CC(C#N)C1.Fc1cc(F)c2cncn2c1. The third-order valence-electron chi connectivity index (χ3n) is 6.95. The number of aromatic nitrogens is 7. The predicted octanol–water partition coefficient (Wildman–Crippen LogP) is 3.26. The molecule has 7 heterocycles. The zero-order valence-electron chi connectivity index (χ0n) is 22.7. The molecule has 0 bridgehead atoms. The smallest absolute Gasteiger partial charge is 0.255 e.